The van der Waals surface area contributed by atoms with Gasteiger partial charge in [0.25, 0.3) is 0 Å². The average Bonchev–Trinajstić information content (AvgIpc) is 3.14. The largest absolute Gasteiger partial charge is 0.380 e. The Morgan fingerprint density at radius 3 is 2.59 bits per heavy atom. The van der Waals surface area contributed by atoms with Crippen molar-refractivity contribution < 1.29 is 14.3 Å². The summed E-state index contributed by atoms with van der Waals surface area (Å²) in [5.41, 5.74) is 2.03. The minimum atomic E-state index is -0.232. The quantitative estimate of drug-likeness (QED) is 0.852. The lowest BCUT2D eigenvalue weighted by Gasteiger charge is -2.21. The third-order valence-corrected chi connectivity index (χ3v) is 4.61. The fraction of sp³-hybridized carbons (Fsp3) is 0.529. The molecule has 1 aromatic rings. The van der Waals surface area contributed by atoms with Crippen molar-refractivity contribution in [3.8, 4) is 0 Å². The smallest absolute Gasteiger partial charge is 0.228 e. The molecule has 2 aliphatic rings. The number of carbonyl (C=O) groups is 2. The third-order valence-electron chi connectivity index (χ3n) is 4.61. The highest BCUT2D eigenvalue weighted by molar-refractivity contribution is 6.00. The molecule has 2 amide bonds. The van der Waals surface area contributed by atoms with Gasteiger partial charge in [0.15, 0.2) is 0 Å². The van der Waals surface area contributed by atoms with E-state index in [1.807, 2.05) is 36.1 Å². The van der Waals surface area contributed by atoms with Gasteiger partial charge in [0, 0.05) is 38.9 Å². The molecule has 0 aliphatic carbocycles. The predicted octanol–water partition coefficient (Wildman–Crippen LogP) is 1.60. The first-order valence-electron chi connectivity index (χ1n) is 7.77. The Bertz CT molecular complexity index is 570. The molecule has 2 heterocycles. The Hall–Kier alpha value is -1.88. The van der Waals surface area contributed by atoms with Gasteiger partial charge in [-0.05, 0) is 25.5 Å². The van der Waals surface area contributed by atoms with Crippen LogP contribution in [0.4, 0.5) is 5.69 Å². The highest BCUT2D eigenvalue weighted by Gasteiger charge is 2.39. The minimum absolute atomic E-state index is 0.0321. The average molecular weight is 302 g/mol. The first-order valence-corrected chi connectivity index (χ1v) is 7.77. The number of benzene rings is 1. The molecule has 0 bridgehead atoms. The van der Waals surface area contributed by atoms with E-state index in [1.165, 1.54) is 0 Å². The number of rotatable bonds is 3. The van der Waals surface area contributed by atoms with Crippen molar-refractivity contribution in [1.82, 2.24) is 4.90 Å². The Balaban J connectivity index is 1.66. The fourth-order valence-electron chi connectivity index (χ4n) is 3.23. The van der Waals surface area contributed by atoms with E-state index in [2.05, 4.69) is 0 Å². The summed E-state index contributed by atoms with van der Waals surface area (Å²) in [7, 11) is 1.68. The molecule has 2 unspecified atom stereocenters. The van der Waals surface area contributed by atoms with Gasteiger partial charge in [0.2, 0.25) is 11.8 Å². The number of ether oxygens (including phenoxy) is 1. The summed E-state index contributed by atoms with van der Waals surface area (Å²) in [5, 5.41) is 0. The molecule has 2 fully saturated rings. The van der Waals surface area contributed by atoms with Gasteiger partial charge in [-0.2, -0.15) is 0 Å². The first-order chi connectivity index (χ1) is 10.6. The number of hydrogen-bond donors (Lipinski definition) is 0. The van der Waals surface area contributed by atoms with E-state index in [1.54, 1.807) is 12.0 Å². The molecule has 2 atom stereocenters. The number of anilines is 1. The monoisotopic (exact) mass is 302 g/mol. The maximum atomic E-state index is 12.6. The fourth-order valence-corrected chi connectivity index (χ4v) is 3.23. The van der Waals surface area contributed by atoms with Crippen molar-refractivity contribution in [2.75, 3.05) is 31.6 Å². The van der Waals surface area contributed by atoms with Crippen LogP contribution in [0.3, 0.4) is 0 Å². The lowest BCUT2D eigenvalue weighted by Crippen LogP contribution is -2.36. The van der Waals surface area contributed by atoms with Crippen LogP contribution in [0, 0.1) is 12.8 Å². The van der Waals surface area contributed by atoms with E-state index < -0.39 is 0 Å². The molecule has 2 saturated heterocycles. The number of nitrogens with zero attached hydrogens (tertiary/aromatic N) is 2. The van der Waals surface area contributed by atoms with Gasteiger partial charge >= 0.3 is 0 Å². The Morgan fingerprint density at radius 1 is 1.23 bits per heavy atom. The molecular formula is C17H22N2O3. The van der Waals surface area contributed by atoms with Gasteiger partial charge in [0.1, 0.15) is 0 Å². The van der Waals surface area contributed by atoms with Crippen LogP contribution >= 0.6 is 0 Å². The van der Waals surface area contributed by atoms with Crippen LogP contribution in [0.15, 0.2) is 24.3 Å². The lowest BCUT2D eigenvalue weighted by atomic mass is 10.1. The van der Waals surface area contributed by atoms with Gasteiger partial charge in [-0.1, -0.05) is 17.7 Å². The van der Waals surface area contributed by atoms with E-state index >= 15 is 0 Å². The lowest BCUT2D eigenvalue weighted by molar-refractivity contribution is -0.135. The van der Waals surface area contributed by atoms with Crippen molar-refractivity contribution in [2.45, 2.75) is 25.9 Å². The van der Waals surface area contributed by atoms with E-state index in [9.17, 15) is 9.59 Å². The van der Waals surface area contributed by atoms with Gasteiger partial charge in [-0.3, -0.25) is 9.59 Å². The highest BCUT2D eigenvalue weighted by atomic mass is 16.5. The van der Waals surface area contributed by atoms with Crippen molar-refractivity contribution >= 4 is 17.5 Å². The number of amides is 2. The summed E-state index contributed by atoms with van der Waals surface area (Å²) >= 11 is 0. The molecular weight excluding hydrogens is 280 g/mol. The van der Waals surface area contributed by atoms with Crippen molar-refractivity contribution in [3.63, 3.8) is 0 Å². The molecule has 0 spiro atoms. The Morgan fingerprint density at radius 2 is 1.95 bits per heavy atom. The molecule has 5 heteroatoms. The van der Waals surface area contributed by atoms with Crippen molar-refractivity contribution in [2.24, 2.45) is 5.92 Å². The maximum absolute atomic E-state index is 12.6. The van der Waals surface area contributed by atoms with E-state index in [-0.39, 0.29) is 23.8 Å². The van der Waals surface area contributed by atoms with Gasteiger partial charge in [0.05, 0.1) is 12.0 Å². The summed E-state index contributed by atoms with van der Waals surface area (Å²) in [4.78, 5) is 28.4. The molecule has 2 aliphatic heterocycles. The van der Waals surface area contributed by atoms with E-state index in [0.717, 1.165) is 24.2 Å². The molecule has 118 valence electrons. The minimum Gasteiger partial charge on any atom is -0.380 e. The number of methoxy groups -OCH3 is 1. The van der Waals surface area contributed by atoms with Gasteiger partial charge in [-0.15, -0.1) is 0 Å². The summed E-state index contributed by atoms with van der Waals surface area (Å²) in [6.45, 7) is 3.87. The SMILES string of the molecule is COC1CCN(C(=O)C2CC(=O)N(c3ccc(C)cc3)C2)C1. The molecule has 3 rings (SSSR count). The van der Waals surface area contributed by atoms with Crippen LogP contribution in [0.1, 0.15) is 18.4 Å². The normalized spacial score (nSPS) is 25.1. The zero-order chi connectivity index (χ0) is 15.7. The second kappa shape index (κ2) is 6.08. The second-order valence-corrected chi connectivity index (χ2v) is 6.17. The summed E-state index contributed by atoms with van der Waals surface area (Å²) < 4.78 is 5.31. The van der Waals surface area contributed by atoms with Gasteiger partial charge in [-0.25, -0.2) is 0 Å². The van der Waals surface area contributed by atoms with E-state index in [0.29, 0.717) is 19.5 Å². The van der Waals surface area contributed by atoms with E-state index in [4.69, 9.17) is 4.74 Å². The number of aryl methyl sites for hydroxylation is 1. The molecule has 0 aromatic heterocycles. The van der Waals surface area contributed by atoms with Crippen LogP contribution in [0.5, 0.6) is 0 Å². The number of hydrogen-bond acceptors (Lipinski definition) is 3. The summed E-state index contributed by atoms with van der Waals surface area (Å²) in [6.07, 6.45) is 1.32. The molecule has 22 heavy (non-hydrogen) atoms. The Labute approximate surface area is 130 Å². The first kappa shape index (κ1) is 15.0. The topological polar surface area (TPSA) is 49.9 Å². The molecule has 1 aromatic carbocycles. The van der Waals surface area contributed by atoms with Crippen molar-refractivity contribution in [1.29, 1.82) is 0 Å². The highest BCUT2D eigenvalue weighted by Crippen LogP contribution is 2.27. The molecule has 0 saturated carbocycles. The summed E-state index contributed by atoms with van der Waals surface area (Å²) in [6, 6.07) is 7.86. The van der Waals surface area contributed by atoms with Crippen LogP contribution in [-0.2, 0) is 14.3 Å². The zero-order valence-electron chi connectivity index (χ0n) is 13.1. The second-order valence-electron chi connectivity index (χ2n) is 6.17. The molecule has 0 N–H and O–H groups in total. The maximum Gasteiger partial charge on any atom is 0.228 e. The van der Waals surface area contributed by atoms with Crippen LogP contribution in [-0.4, -0.2) is 49.6 Å². The molecule has 5 nitrogen and oxygen atoms in total. The van der Waals surface area contributed by atoms with Gasteiger partial charge < -0.3 is 14.5 Å². The number of carbonyl (C=O) groups excluding carboxylic acids is 2. The third kappa shape index (κ3) is 2.86. The standard InChI is InChI=1S/C17H22N2O3/c1-12-3-5-14(6-4-12)19-10-13(9-16(19)20)17(21)18-8-7-15(11-18)22-2/h3-6,13,15H,7-11H2,1-2H3. The number of likely N-dealkylation sites (tertiary alicyclic amines) is 1. The molecule has 0 radical (unpaired) electrons. The predicted molar refractivity (Wildman–Crippen MR) is 83.6 cm³/mol. The van der Waals surface area contributed by atoms with Crippen molar-refractivity contribution in [3.05, 3.63) is 29.8 Å². The zero-order valence-corrected chi connectivity index (χ0v) is 13.1. The van der Waals surface area contributed by atoms with Crippen LogP contribution in [0.25, 0.3) is 0 Å². The van der Waals surface area contributed by atoms with Crippen LogP contribution in [0.2, 0.25) is 0 Å². The van der Waals surface area contributed by atoms with Crippen LogP contribution < -0.4 is 4.90 Å². The summed E-state index contributed by atoms with van der Waals surface area (Å²) in [5.74, 6) is -0.114. The Kier molecular flexibility index (Phi) is 4.16.